The van der Waals surface area contributed by atoms with E-state index in [0.717, 1.165) is 56.4 Å². The van der Waals surface area contributed by atoms with Gasteiger partial charge in [0.05, 0.1) is 12.8 Å². The van der Waals surface area contributed by atoms with Gasteiger partial charge in [-0.3, -0.25) is 9.36 Å². The number of methoxy groups -OCH3 is 1. The fourth-order valence-corrected chi connectivity index (χ4v) is 3.89. The van der Waals surface area contributed by atoms with E-state index in [-0.39, 0.29) is 5.91 Å². The monoisotopic (exact) mass is 404 g/mol. The Balaban J connectivity index is 1.32. The van der Waals surface area contributed by atoms with Crippen molar-refractivity contribution in [1.29, 1.82) is 0 Å². The summed E-state index contributed by atoms with van der Waals surface area (Å²) in [5.74, 6) is 1.97. The van der Waals surface area contributed by atoms with E-state index < -0.39 is 0 Å². The van der Waals surface area contributed by atoms with Gasteiger partial charge < -0.3 is 14.5 Å². The third-order valence-electron chi connectivity index (χ3n) is 5.57. The molecule has 0 unspecified atom stereocenters. The van der Waals surface area contributed by atoms with E-state index >= 15 is 0 Å². The van der Waals surface area contributed by atoms with Crippen LogP contribution >= 0.6 is 0 Å². The Bertz CT molecular complexity index is 962. The summed E-state index contributed by atoms with van der Waals surface area (Å²) >= 11 is 0. The first kappa shape index (κ1) is 20.0. The van der Waals surface area contributed by atoms with Crippen molar-refractivity contribution in [2.75, 3.05) is 38.2 Å². The highest BCUT2D eigenvalue weighted by Crippen LogP contribution is 2.23. The van der Waals surface area contributed by atoms with Gasteiger partial charge in [0.25, 0.3) is 0 Å². The second-order valence-electron chi connectivity index (χ2n) is 7.51. The number of carbonyl (C=O) groups is 1. The average Bonchev–Trinajstić information content (AvgIpc) is 3.30. The molecule has 2 heterocycles. The van der Waals surface area contributed by atoms with Gasteiger partial charge in [-0.05, 0) is 30.5 Å². The van der Waals surface area contributed by atoms with E-state index in [0.29, 0.717) is 6.42 Å². The number of benzene rings is 2. The lowest BCUT2D eigenvalue weighted by molar-refractivity contribution is -0.131. The zero-order valence-corrected chi connectivity index (χ0v) is 17.4. The number of amides is 1. The Morgan fingerprint density at radius 2 is 1.83 bits per heavy atom. The molecule has 2 aromatic carbocycles. The molecule has 30 heavy (non-hydrogen) atoms. The summed E-state index contributed by atoms with van der Waals surface area (Å²) < 4.78 is 7.42. The fourth-order valence-electron chi connectivity index (χ4n) is 3.89. The molecule has 0 atom stereocenters. The number of rotatable bonds is 7. The van der Waals surface area contributed by atoms with Gasteiger partial charge in [-0.15, -0.1) is 0 Å². The summed E-state index contributed by atoms with van der Waals surface area (Å²) in [6.45, 7) is 3.03. The third kappa shape index (κ3) is 4.64. The lowest BCUT2D eigenvalue weighted by Crippen LogP contribution is -2.49. The van der Waals surface area contributed by atoms with Crippen LogP contribution < -0.4 is 9.64 Å². The van der Waals surface area contributed by atoms with Crippen molar-refractivity contribution in [3.05, 3.63) is 72.6 Å². The van der Waals surface area contributed by atoms with Gasteiger partial charge >= 0.3 is 0 Å². The van der Waals surface area contributed by atoms with Crippen molar-refractivity contribution in [3.8, 4) is 11.4 Å². The fraction of sp³-hybridized carbons (Fsp3) is 0.333. The van der Waals surface area contributed by atoms with Gasteiger partial charge in [-0.1, -0.05) is 36.4 Å². The van der Waals surface area contributed by atoms with Crippen molar-refractivity contribution in [3.63, 3.8) is 0 Å². The number of carbonyl (C=O) groups excluding carboxylic acids is 1. The number of aryl methyl sites for hydroxylation is 1. The van der Waals surface area contributed by atoms with Crippen LogP contribution in [-0.4, -0.2) is 53.6 Å². The minimum atomic E-state index is 0.252. The van der Waals surface area contributed by atoms with Gasteiger partial charge in [0.15, 0.2) is 0 Å². The molecule has 1 saturated heterocycles. The number of anilines is 1. The van der Waals surface area contributed by atoms with Crippen LogP contribution in [0.5, 0.6) is 5.75 Å². The molecule has 1 amide bonds. The van der Waals surface area contributed by atoms with Crippen LogP contribution in [0.2, 0.25) is 0 Å². The predicted molar refractivity (Wildman–Crippen MR) is 118 cm³/mol. The van der Waals surface area contributed by atoms with Crippen LogP contribution in [0.4, 0.5) is 5.95 Å². The van der Waals surface area contributed by atoms with E-state index in [2.05, 4.69) is 26.6 Å². The maximum absolute atomic E-state index is 12.6. The van der Waals surface area contributed by atoms with Crippen molar-refractivity contribution < 1.29 is 9.53 Å². The predicted octanol–water partition coefficient (Wildman–Crippen LogP) is 3.55. The zero-order chi connectivity index (χ0) is 20.8. The number of ether oxygens (including phenoxy) is 1. The number of nitrogens with zero attached hydrogens (tertiary/aromatic N) is 4. The van der Waals surface area contributed by atoms with Gasteiger partial charge in [-0.25, -0.2) is 4.98 Å². The Morgan fingerprint density at radius 3 is 2.60 bits per heavy atom. The lowest BCUT2D eigenvalue weighted by atomic mass is 10.1. The van der Waals surface area contributed by atoms with Crippen LogP contribution in [0.1, 0.15) is 18.4 Å². The summed E-state index contributed by atoms with van der Waals surface area (Å²) in [5.41, 5.74) is 2.31. The summed E-state index contributed by atoms with van der Waals surface area (Å²) in [4.78, 5) is 21.4. The van der Waals surface area contributed by atoms with E-state index in [4.69, 9.17) is 4.74 Å². The molecule has 0 spiro atoms. The summed E-state index contributed by atoms with van der Waals surface area (Å²) in [6.07, 6.45) is 6.22. The minimum absolute atomic E-state index is 0.252. The highest BCUT2D eigenvalue weighted by atomic mass is 16.5. The topological polar surface area (TPSA) is 50.6 Å². The van der Waals surface area contributed by atoms with Crippen molar-refractivity contribution >= 4 is 11.9 Å². The standard InChI is InChI=1S/C24H28N4O2/c1-30-22-11-6-10-21(19-22)28-14-13-25-24(28)27-17-15-26(16-18-27)23(29)12-5-9-20-7-3-2-4-8-20/h2-4,6-8,10-11,13-14,19H,5,9,12,15-18H2,1H3. The molecule has 0 radical (unpaired) electrons. The maximum atomic E-state index is 12.6. The molecule has 0 aliphatic carbocycles. The molecule has 3 aromatic rings. The molecule has 1 aromatic heterocycles. The summed E-state index contributed by atoms with van der Waals surface area (Å²) in [6, 6.07) is 18.3. The van der Waals surface area contributed by atoms with Crippen LogP contribution in [0.25, 0.3) is 5.69 Å². The first-order valence-electron chi connectivity index (χ1n) is 10.5. The van der Waals surface area contributed by atoms with Crippen molar-refractivity contribution in [1.82, 2.24) is 14.5 Å². The van der Waals surface area contributed by atoms with Gasteiger partial charge in [0.1, 0.15) is 5.75 Å². The minimum Gasteiger partial charge on any atom is -0.497 e. The molecule has 4 rings (SSSR count). The number of aromatic nitrogens is 2. The normalized spacial score (nSPS) is 14.0. The molecular formula is C24H28N4O2. The molecule has 1 fully saturated rings. The molecule has 0 saturated carbocycles. The first-order valence-corrected chi connectivity index (χ1v) is 10.5. The highest BCUT2D eigenvalue weighted by Gasteiger charge is 2.23. The Morgan fingerprint density at radius 1 is 1.03 bits per heavy atom. The van der Waals surface area contributed by atoms with Crippen LogP contribution in [0, 0.1) is 0 Å². The number of hydrogen-bond donors (Lipinski definition) is 0. The van der Waals surface area contributed by atoms with Crippen molar-refractivity contribution in [2.24, 2.45) is 0 Å². The second kappa shape index (κ2) is 9.48. The zero-order valence-electron chi connectivity index (χ0n) is 17.4. The number of hydrogen-bond acceptors (Lipinski definition) is 4. The largest absolute Gasteiger partial charge is 0.497 e. The lowest BCUT2D eigenvalue weighted by Gasteiger charge is -2.35. The van der Waals surface area contributed by atoms with E-state index in [1.165, 1.54) is 5.56 Å². The van der Waals surface area contributed by atoms with Gasteiger partial charge in [-0.2, -0.15) is 0 Å². The van der Waals surface area contributed by atoms with Crippen LogP contribution in [0.15, 0.2) is 67.0 Å². The summed E-state index contributed by atoms with van der Waals surface area (Å²) in [7, 11) is 1.67. The van der Waals surface area contributed by atoms with Crippen LogP contribution in [-0.2, 0) is 11.2 Å². The SMILES string of the molecule is COc1cccc(-n2ccnc2N2CCN(C(=O)CCCc3ccccc3)CC2)c1. The van der Waals surface area contributed by atoms with Gasteiger partial charge in [0.2, 0.25) is 11.9 Å². The van der Waals surface area contributed by atoms with Crippen molar-refractivity contribution in [2.45, 2.75) is 19.3 Å². The first-order chi connectivity index (χ1) is 14.7. The molecule has 156 valence electrons. The molecular weight excluding hydrogens is 376 g/mol. The maximum Gasteiger partial charge on any atom is 0.222 e. The smallest absolute Gasteiger partial charge is 0.222 e. The van der Waals surface area contributed by atoms with Crippen LogP contribution in [0.3, 0.4) is 0 Å². The van der Waals surface area contributed by atoms with Gasteiger partial charge in [0, 0.05) is 51.1 Å². The van der Waals surface area contributed by atoms with E-state index in [1.54, 1.807) is 7.11 Å². The Labute approximate surface area is 177 Å². The highest BCUT2D eigenvalue weighted by molar-refractivity contribution is 5.76. The molecule has 1 aliphatic heterocycles. The Hall–Kier alpha value is -3.28. The molecule has 6 heteroatoms. The number of imidazole rings is 1. The molecule has 1 aliphatic rings. The number of piperazine rings is 1. The van der Waals surface area contributed by atoms with E-state index in [9.17, 15) is 4.79 Å². The summed E-state index contributed by atoms with van der Waals surface area (Å²) in [5, 5.41) is 0. The third-order valence-corrected chi connectivity index (χ3v) is 5.57. The average molecular weight is 405 g/mol. The Kier molecular flexibility index (Phi) is 6.32. The molecule has 0 bridgehead atoms. The molecule has 6 nitrogen and oxygen atoms in total. The molecule has 0 N–H and O–H groups in total. The quantitative estimate of drug-likeness (QED) is 0.604. The van der Waals surface area contributed by atoms with E-state index in [1.807, 2.05) is 59.8 Å². The second-order valence-corrected chi connectivity index (χ2v) is 7.51.